The lowest BCUT2D eigenvalue weighted by atomic mass is 9.42. The van der Waals surface area contributed by atoms with E-state index in [4.69, 9.17) is 14.8 Å². The van der Waals surface area contributed by atoms with Crippen LogP contribution < -0.4 is 5.32 Å². The largest absolute Gasteiger partial charge is 0.399 e. The molecule has 0 aromatic carbocycles. The molecular formula is C27H43N3O3. The summed E-state index contributed by atoms with van der Waals surface area (Å²) in [6.07, 6.45) is 9.80. The van der Waals surface area contributed by atoms with Crippen LogP contribution in [-0.2, 0) is 9.68 Å². The Kier molecular flexibility index (Phi) is 6.36. The van der Waals surface area contributed by atoms with E-state index < -0.39 is 0 Å². The first-order valence-corrected chi connectivity index (χ1v) is 13.3. The highest BCUT2D eigenvalue weighted by Crippen LogP contribution is 2.67. The Hall–Kier alpha value is -1.40. The van der Waals surface area contributed by atoms with Crippen LogP contribution in [0.4, 0.5) is 0 Å². The molecule has 0 aromatic rings. The summed E-state index contributed by atoms with van der Waals surface area (Å²) < 4.78 is 0. The van der Waals surface area contributed by atoms with Gasteiger partial charge >= 0.3 is 0 Å². The van der Waals surface area contributed by atoms with Crippen LogP contribution in [0.1, 0.15) is 71.6 Å². The summed E-state index contributed by atoms with van der Waals surface area (Å²) in [6, 6.07) is 0. The molecular weight excluding hydrogens is 414 g/mol. The van der Waals surface area contributed by atoms with Crippen LogP contribution in [0.15, 0.2) is 22.5 Å². The summed E-state index contributed by atoms with van der Waals surface area (Å²) in [4.78, 5) is 11.4. The maximum atomic E-state index is 11.1. The van der Waals surface area contributed by atoms with Crippen molar-refractivity contribution in [3.05, 3.63) is 12.2 Å². The molecule has 5 rings (SSSR count). The summed E-state index contributed by atoms with van der Waals surface area (Å²) in [7, 11) is 1.66. The summed E-state index contributed by atoms with van der Waals surface area (Å²) >= 11 is 0. The van der Waals surface area contributed by atoms with Gasteiger partial charge in [-0.3, -0.25) is 0 Å². The molecule has 1 heterocycles. The molecule has 4 aliphatic carbocycles. The standard InChI is InChI=1S/C27H43N3O3/c1-5-19-23(30-33-18-10-13-28-15-18)9-12-27(16-31)22-8-11-26(3)17(2)6-7-21(26)20(22)14-24(25(19)27)29-32-4/h18-22,25,28,31H,2,5-16H2,1,3-4H3/t18?,19-,20?,21?,22?,25?,26+,27-/m0/s1. The molecule has 6 nitrogen and oxygen atoms in total. The fraction of sp³-hybridized carbons (Fsp3) is 0.852. The average molecular weight is 458 g/mol. The van der Waals surface area contributed by atoms with Gasteiger partial charge in [0.2, 0.25) is 0 Å². The smallest absolute Gasteiger partial charge is 0.141 e. The van der Waals surface area contributed by atoms with Gasteiger partial charge in [-0.2, -0.15) is 0 Å². The molecule has 1 saturated heterocycles. The van der Waals surface area contributed by atoms with Crippen molar-refractivity contribution in [2.75, 3.05) is 26.8 Å². The van der Waals surface area contributed by atoms with E-state index in [2.05, 4.69) is 30.9 Å². The van der Waals surface area contributed by atoms with E-state index in [0.717, 1.165) is 63.0 Å². The van der Waals surface area contributed by atoms with Crippen molar-refractivity contribution < 1.29 is 14.8 Å². The number of hydrogen-bond donors (Lipinski definition) is 2. The summed E-state index contributed by atoms with van der Waals surface area (Å²) in [5.41, 5.74) is 3.86. The van der Waals surface area contributed by atoms with E-state index in [0.29, 0.717) is 17.8 Å². The van der Waals surface area contributed by atoms with Gasteiger partial charge < -0.3 is 20.1 Å². The van der Waals surface area contributed by atoms with Gasteiger partial charge in [0.25, 0.3) is 0 Å². The molecule has 5 unspecified atom stereocenters. The Morgan fingerprint density at radius 2 is 1.97 bits per heavy atom. The van der Waals surface area contributed by atoms with Crippen molar-refractivity contribution in [3.63, 3.8) is 0 Å². The monoisotopic (exact) mass is 457 g/mol. The van der Waals surface area contributed by atoms with Crippen molar-refractivity contribution in [1.82, 2.24) is 5.32 Å². The van der Waals surface area contributed by atoms with Gasteiger partial charge in [0, 0.05) is 36.8 Å². The molecule has 6 heteroatoms. The fourth-order valence-electron chi connectivity index (χ4n) is 8.79. The lowest BCUT2D eigenvalue weighted by Gasteiger charge is -2.62. The lowest BCUT2D eigenvalue weighted by molar-refractivity contribution is -0.0936. The van der Waals surface area contributed by atoms with E-state index >= 15 is 0 Å². The zero-order chi connectivity index (χ0) is 23.2. The zero-order valence-electron chi connectivity index (χ0n) is 20.8. The average Bonchev–Trinajstić information content (AvgIpc) is 3.45. The van der Waals surface area contributed by atoms with E-state index in [1.165, 1.54) is 24.8 Å². The number of nitrogens with zero attached hydrogens (tertiary/aromatic N) is 2. The Balaban J connectivity index is 1.50. The maximum Gasteiger partial charge on any atom is 0.141 e. The molecule has 2 N–H and O–H groups in total. The third kappa shape index (κ3) is 3.58. The van der Waals surface area contributed by atoms with Gasteiger partial charge in [0.1, 0.15) is 13.2 Å². The van der Waals surface area contributed by atoms with Crippen molar-refractivity contribution >= 4 is 11.4 Å². The van der Waals surface area contributed by atoms with Gasteiger partial charge in [-0.05, 0) is 81.1 Å². The molecule has 0 amide bonds. The van der Waals surface area contributed by atoms with Crippen molar-refractivity contribution in [2.45, 2.75) is 77.7 Å². The van der Waals surface area contributed by atoms with E-state index in [9.17, 15) is 5.11 Å². The number of aliphatic hydroxyl groups excluding tert-OH is 1. The van der Waals surface area contributed by atoms with Crippen LogP contribution >= 0.6 is 0 Å². The van der Waals surface area contributed by atoms with Gasteiger partial charge in [-0.1, -0.05) is 36.3 Å². The van der Waals surface area contributed by atoms with Crippen LogP contribution in [0.5, 0.6) is 0 Å². The predicted molar refractivity (Wildman–Crippen MR) is 131 cm³/mol. The molecule has 4 saturated carbocycles. The summed E-state index contributed by atoms with van der Waals surface area (Å²) in [6.45, 7) is 11.3. The first-order chi connectivity index (χ1) is 16.0. The highest BCUT2D eigenvalue weighted by molar-refractivity contribution is 5.97. The SMILES string of the molecule is C=C1CCC2C3CC(=NOC)C4[C@@H](CC)C(=NOC5CCNC5)CC[C@]4(CO)C3CC[C@]12C. The molecule has 5 fully saturated rings. The van der Waals surface area contributed by atoms with Crippen molar-refractivity contribution in [3.8, 4) is 0 Å². The topological polar surface area (TPSA) is 75.4 Å². The number of nitrogens with one attached hydrogen (secondary N) is 1. The first kappa shape index (κ1) is 23.3. The number of oxime groups is 2. The molecule has 0 radical (unpaired) electrons. The quantitative estimate of drug-likeness (QED) is 0.469. The van der Waals surface area contributed by atoms with Crippen molar-refractivity contribution in [1.29, 1.82) is 0 Å². The van der Waals surface area contributed by atoms with Gasteiger partial charge in [0.05, 0.1) is 11.4 Å². The highest BCUT2D eigenvalue weighted by Gasteiger charge is 2.63. The number of hydrogen-bond acceptors (Lipinski definition) is 6. The minimum atomic E-state index is -0.139. The molecule has 0 aromatic heterocycles. The molecule has 5 aliphatic rings. The molecule has 33 heavy (non-hydrogen) atoms. The highest BCUT2D eigenvalue weighted by atomic mass is 16.6. The first-order valence-electron chi connectivity index (χ1n) is 13.3. The second-order valence-electron chi connectivity index (χ2n) is 11.6. The van der Waals surface area contributed by atoms with Gasteiger partial charge in [-0.25, -0.2) is 0 Å². The number of rotatable bonds is 5. The normalized spacial score (nSPS) is 47.3. The van der Waals surface area contributed by atoms with Gasteiger partial charge in [-0.15, -0.1) is 0 Å². The van der Waals surface area contributed by atoms with Gasteiger partial charge in [0.15, 0.2) is 0 Å². The van der Waals surface area contributed by atoms with E-state index in [-0.39, 0.29) is 35.4 Å². The number of fused-ring (bicyclic) bond motifs is 5. The molecule has 0 spiro atoms. The molecule has 0 bridgehead atoms. The van der Waals surface area contributed by atoms with E-state index in [1.807, 2.05) is 0 Å². The Morgan fingerprint density at radius 1 is 1.12 bits per heavy atom. The number of allylic oxidation sites excluding steroid dienone is 1. The van der Waals surface area contributed by atoms with Crippen LogP contribution in [0.25, 0.3) is 0 Å². The predicted octanol–water partition coefficient (Wildman–Crippen LogP) is 4.54. The van der Waals surface area contributed by atoms with Crippen molar-refractivity contribution in [2.24, 2.45) is 50.7 Å². The molecule has 8 atom stereocenters. The summed E-state index contributed by atoms with van der Waals surface area (Å²) in [5, 5.41) is 23.8. The number of aliphatic hydroxyl groups is 1. The Morgan fingerprint density at radius 3 is 2.67 bits per heavy atom. The Labute approximate surface area is 199 Å². The third-order valence-electron chi connectivity index (χ3n) is 10.5. The third-order valence-corrected chi connectivity index (χ3v) is 10.5. The minimum absolute atomic E-state index is 0.139. The molecule has 184 valence electrons. The lowest BCUT2D eigenvalue weighted by Crippen LogP contribution is -2.61. The van der Waals surface area contributed by atoms with Crippen LogP contribution in [0.2, 0.25) is 0 Å². The van der Waals surface area contributed by atoms with Crippen LogP contribution in [0, 0.1) is 40.4 Å². The molecule has 1 aliphatic heterocycles. The second kappa shape index (κ2) is 8.99. The van der Waals surface area contributed by atoms with Crippen LogP contribution in [0.3, 0.4) is 0 Å². The maximum absolute atomic E-state index is 11.1. The van der Waals surface area contributed by atoms with Crippen LogP contribution in [-0.4, -0.2) is 49.4 Å². The fourth-order valence-corrected chi connectivity index (χ4v) is 8.79. The zero-order valence-corrected chi connectivity index (χ0v) is 20.8. The van der Waals surface area contributed by atoms with E-state index in [1.54, 1.807) is 7.11 Å². The summed E-state index contributed by atoms with van der Waals surface area (Å²) in [5.74, 6) is 2.16. The minimum Gasteiger partial charge on any atom is -0.399 e. The second-order valence-corrected chi connectivity index (χ2v) is 11.6. The Bertz CT molecular complexity index is 819.